The predicted octanol–water partition coefficient (Wildman–Crippen LogP) is 4.56. The van der Waals surface area contributed by atoms with Crippen LogP contribution in [0.4, 0.5) is 0 Å². The molecule has 0 spiro atoms. The van der Waals surface area contributed by atoms with Crippen molar-refractivity contribution < 1.29 is 0 Å². The molecule has 0 atom stereocenters. The number of hydrogen-bond donors (Lipinski definition) is 0. The average molecular weight is 212 g/mol. The minimum atomic E-state index is 1.17. The first-order valence-electron chi connectivity index (χ1n) is 4.83. The van der Waals surface area contributed by atoms with Gasteiger partial charge in [-0.3, -0.25) is 0 Å². The van der Waals surface area contributed by atoms with Gasteiger partial charge in [0.25, 0.3) is 0 Å². The van der Waals surface area contributed by atoms with Crippen molar-refractivity contribution in [1.29, 1.82) is 0 Å². The molecular weight excluding hydrogens is 200 g/mol. The maximum atomic E-state index is 3.81. The Labute approximate surface area is 94.2 Å². The van der Waals surface area contributed by atoms with Gasteiger partial charge in [0, 0.05) is 4.88 Å². The van der Waals surface area contributed by atoms with Gasteiger partial charge in [-0.2, -0.15) is 0 Å². The van der Waals surface area contributed by atoms with Crippen LogP contribution in [0.1, 0.15) is 16.0 Å². The molecule has 1 aromatic heterocycles. The molecule has 1 heteroatoms. The molecule has 0 amide bonds. The van der Waals surface area contributed by atoms with Gasteiger partial charge in [-0.25, -0.2) is 0 Å². The highest BCUT2D eigenvalue weighted by Crippen LogP contribution is 2.16. The van der Waals surface area contributed by atoms with Crippen LogP contribution in [0.3, 0.4) is 0 Å². The monoisotopic (exact) mass is 212 g/mol. The first-order chi connectivity index (χ1) is 7.40. The Morgan fingerprint density at radius 1 is 0.933 bits per heavy atom. The van der Waals surface area contributed by atoms with Gasteiger partial charge in [0.15, 0.2) is 0 Å². The van der Waals surface area contributed by atoms with Crippen LogP contribution in [0.15, 0.2) is 48.4 Å². The zero-order valence-electron chi connectivity index (χ0n) is 8.39. The minimum absolute atomic E-state index is 1.17. The summed E-state index contributed by atoms with van der Waals surface area (Å²) >= 11 is 1.74. The number of thiophene rings is 1. The lowest BCUT2D eigenvalue weighted by atomic mass is 10.1. The van der Waals surface area contributed by atoms with Gasteiger partial charge in [0.2, 0.25) is 0 Å². The van der Waals surface area contributed by atoms with E-state index in [1.165, 1.54) is 16.0 Å². The van der Waals surface area contributed by atoms with E-state index >= 15 is 0 Å². The number of benzene rings is 1. The SMILES string of the molecule is C=Cc1ccccc1/C=C\c1cccs1. The molecule has 1 aromatic carbocycles. The van der Waals surface area contributed by atoms with Gasteiger partial charge in [0.1, 0.15) is 0 Å². The molecule has 0 bridgehead atoms. The van der Waals surface area contributed by atoms with Crippen LogP contribution < -0.4 is 0 Å². The van der Waals surface area contributed by atoms with E-state index in [1.807, 2.05) is 18.2 Å². The molecule has 0 N–H and O–H groups in total. The molecule has 2 aromatic rings. The average Bonchev–Trinajstić information content (AvgIpc) is 2.79. The fourth-order valence-corrected chi connectivity index (χ4v) is 2.02. The van der Waals surface area contributed by atoms with Crippen molar-refractivity contribution >= 4 is 29.6 Å². The predicted molar refractivity (Wildman–Crippen MR) is 69.8 cm³/mol. The maximum absolute atomic E-state index is 3.81. The van der Waals surface area contributed by atoms with E-state index < -0.39 is 0 Å². The highest BCUT2D eigenvalue weighted by atomic mass is 32.1. The molecule has 0 saturated carbocycles. The van der Waals surface area contributed by atoms with E-state index in [1.54, 1.807) is 11.3 Å². The largest absolute Gasteiger partial charge is 0.144 e. The van der Waals surface area contributed by atoms with Crippen molar-refractivity contribution in [3.8, 4) is 0 Å². The van der Waals surface area contributed by atoms with Gasteiger partial charge < -0.3 is 0 Å². The minimum Gasteiger partial charge on any atom is -0.144 e. The molecule has 0 nitrogen and oxygen atoms in total. The van der Waals surface area contributed by atoms with Crippen LogP contribution in [-0.2, 0) is 0 Å². The van der Waals surface area contributed by atoms with Crippen molar-refractivity contribution in [1.82, 2.24) is 0 Å². The van der Waals surface area contributed by atoms with Gasteiger partial charge in [-0.15, -0.1) is 11.3 Å². The third-order valence-electron chi connectivity index (χ3n) is 2.19. The fourth-order valence-electron chi connectivity index (χ4n) is 1.41. The summed E-state index contributed by atoms with van der Waals surface area (Å²) in [6.07, 6.45) is 6.14. The summed E-state index contributed by atoms with van der Waals surface area (Å²) in [5.74, 6) is 0. The second-order valence-electron chi connectivity index (χ2n) is 3.18. The van der Waals surface area contributed by atoms with Gasteiger partial charge >= 0.3 is 0 Å². The second-order valence-corrected chi connectivity index (χ2v) is 4.16. The van der Waals surface area contributed by atoms with Crippen LogP contribution >= 0.6 is 11.3 Å². The Balaban J connectivity index is 2.27. The molecule has 74 valence electrons. The first kappa shape index (κ1) is 9.94. The summed E-state index contributed by atoms with van der Waals surface area (Å²) in [6.45, 7) is 3.81. The third kappa shape index (κ3) is 2.45. The summed E-state index contributed by atoms with van der Waals surface area (Å²) in [5, 5.41) is 2.08. The van der Waals surface area contributed by atoms with Crippen molar-refractivity contribution in [3.05, 3.63) is 64.4 Å². The standard InChI is InChI=1S/C14H12S/c1-2-12-6-3-4-7-13(12)9-10-14-8-5-11-15-14/h2-11H,1H2/b10-9-. The van der Waals surface area contributed by atoms with Crippen molar-refractivity contribution in [2.24, 2.45) is 0 Å². The Hall–Kier alpha value is -1.60. The van der Waals surface area contributed by atoms with E-state index in [0.29, 0.717) is 0 Å². The van der Waals surface area contributed by atoms with E-state index in [0.717, 1.165) is 0 Å². The second kappa shape index (κ2) is 4.76. The van der Waals surface area contributed by atoms with Crippen LogP contribution in [0.2, 0.25) is 0 Å². The Morgan fingerprint density at radius 2 is 1.73 bits per heavy atom. The number of hydrogen-bond acceptors (Lipinski definition) is 1. The van der Waals surface area contributed by atoms with Crippen LogP contribution in [0.5, 0.6) is 0 Å². The molecule has 0 saturated heterocycles. The Kier molecular flexibility index (Phi) is 3.15. The molecular formula is C14H12S. The lowest BCUT2D eigenvalue weighted by Crippen LogP contribution is -1.77. The van der Waals surface area contributed by atoms with Crippen LogP contribution in [0.25, 0.3) is 18.2 Å². The Morgan fingerprint density at radius 3 is 2.40 bits per heavy atom. The lowest BCUT2D eigenvalue weighted by molar-refractivity contribution is 1.62. The van der Waals surface area contributed by atoms with Crippen molar-refractivity contribution in [2.75, 3.05) is 0 Å². The molecule has 1 heterocycles. The van der Waals surface area contributed by atoms with Crippen LogP contribution in [0, 0.1) is 0 Å². The smallest absolute Gasteiger partial charge is 0.0270 e. The first-order valence-corrected chi connectivity index (χ1v) is 5.71. The van der Waals surface area contributed by atoms with E-state index in [4.69, 9.17) is 0 Å². The lowest BCUT2D eigenvalue weighted by Gasteiger charge is -1.98. The van der Waals surface area contributed by atoms with Crippen molar-refractivity contribution in [3.63, 3.8) is 0 Å². The Bertz CT molecular complexity index is 464. The van der Waals surface area contributed by atoms with E-state index in [2.05, 4.69) is 48.4 Å². The van der Waals surface area contributed by atoms with E-state index in [-0.39, 0.29) is 0 Å². The summed E-state index contributed by atoms with van der Waals surface area (Å²) in [4.78, 5) is 1.27. The fraction of sp³-hybridized carbons (Fsp3) is 0. The quantitative estimate of drug-likeness (QED) is 0.699. The molecule has 0 unspecified atom stereocenters. The molecule has 15 heavy (non-hydrogen) atoms. The summed E-state index contributed by atoms with van der Waals surface area (Å²) in [5.41, 5.74) is 2.38. The highest BCUT2D eigenvalue weighted by Gasteiger charge is 1.93. The van der Waals surface area contributed by atoms with E-state index in [9.17, 15) is 0 Å². The summed E-state index contributed by atoms with van der Waals surface area (Å²) in [6, 6.07) is 12.4. The van der Waals surface area contributed by atoms with Crippen molar-refractivity contribution in [2.45, 2.75) is 0 Å². The summed E-state index contributed by atoms with van der Waals surface area (Å²) in [7, 11) is 0. The number of rotatable bonds is 3. The highest BCUT2D eigenvalue weighted by molar-refractivity contribution is 7.10. The topological polar surface area (TPSA) is 0 Å². The molecule has 0 fully saturated rings. The zero-order chi connectivity index (χ0) is 10.5. The normalized spacial score (nSPS) is 10.7. The molecule has 0 aliphatic rings. The molecule has 0 aliphatic carbocycles. The summed E-state index contributed by atoms with van der Waals surface area (Å²) < 4.78 is 0. The van der Waals surface area contributed by atoms with Gasteiger partial charge in [-0.1, -0.05) is 49.1 Å². The maximum Gasteiger partial charge on any atom is 0.0270 e. The molecule has 2 rings (SSSR count). The molecule has 0 aliphatic heterocycles. The van der Waals surface area contributed by atoms with Gasteiger partial charge in [0.05, 0.1) is 0 Å². The molecule has 0 radical (unpaired) electrons. The third-order valence-corrected chi connectivity index (χ3v) is 3.02. The van der Waals surface area contributed by atoms with Crippen LogP contribution in [-0.4, -0.2) is 0 Å². The zero-order valence-corrected chi connectivity index (χ0v) is 9.21. The van der Waals surface area contributed by atoms with Gasteiger partial charge in [-0.05, 0) is 28.6 Å².